The molecule has 0 aliphatic heterocycles. The third-order valence-electron chi connectivity index (χ3n) is 7.34. The molecule has 0 spiro atoms. The van der Waals surface area contributed by atoms with Gasteiger partial charge >= 0.3 is 13.0 Å². The molecule has 0 saturated heterocycles. The minimum absolute atomic E-state index is 0.0588. The van der Waals surface area contributed by atoms with Gasteiger partial charge in [-0.1, -0.05) is 0 Å². The van der Waals surface area contributed by atoms with Crippen LogP contribution in [0.2, 0.25) is 0 Å². The fourth-order valence-electron chi connectivity index (χ4n) is 5.20. The molecule has 0 fully saturated rings. The normalized spacial score (nSPS) is 13.2. The number of fused-ring (bicyclic) bond motifs is 4. The van der Waals surface area contributed by atoms with Gasteiger partial charge < -0.3 is 9.31 Å². The summed E-state index contributed by atoms with van der Waals surface area (Å²) in [6.45, 7) is 0. The highest BCUT2D eigenvalue weighted by Gasteiger charge is 2.57. The van der Waals surface area contributed by atoms with Crippen LogP contribution in [0.1, 0.15) is 11.1 Å². The van der Waals surface area contributed by atoms with E-state index in [1.165, 1.54) is 0 Å². The molecule has 0 heterocycles. The number of hydrogen-bond acceptors (Lipinski definition) is 2. The summed E-state index contributed by atoms with van der Waals surface area (Å²) in [5, 5.41) is -3.17. The van der Waals surface area contributed by atoms with Crippen molar-refractivity contribution in [2.75, 3.05) is 0 Å². The van der Waals surface area contributed by atoms with Crippen molar-refractivity contribution in [1.29, 1.82) is 0 Å². The Morgan fingerprint density at radius 2 is 0.939 bits per heavy atom. The summed E-state index contributed by atoms with van der Waals surface area (Å²) in [7, 11) is -3.64. The maximum absolute atomic E-state index is 15.9. The lowest BCUT2D eigenvalue weighted by Gasteiger charge is -2.24. The van der Waals surface area contributed by atoms with Crippen LogP contribution in [0.5, 0.6) is 11.5 Å². The van der Waals surface area contributed by atoms with E-state index in [0.717, 1.165) is 0 Å². The van der Waals surface area contributed by atoms with Crippen LogP contribution < -0.4 is 14.8 Å². The molecule has 0 aromatic heterocycles. The quantitative estimate of drug-likeness (QED) is 0.0783. The molecule has 1 aliphatic carbocycles. The van der Waals surface area contributed by atoms with Crippen LogP contribution >= 0.6 is 0 Å². The van der Waals surface area contributed by atoms with Gasteiger partial charge in [-0.15, -0.1) is 0 Å². The number of hydrogen-bond donors (Lipinski definition) is 0. The maximum Gasteiger partial charge on any atom is 0.636 e. The van der Waals surface area contributed by atoms with Crippen LogP contribution in [0.3, 0.4) is 0 Å². The van der Waals surface area contributed by atoms with E-state index in [-0.39, 0.29) is 24.3 Å². The topological polar surface area (TPSA) is 18.5 Å². The molecule has 254 valence electrons. The summed E-state index contributed by atoms with van der Waals surface area (Å²) in [4.78, 5) is 0. The molecule has 0 atom stereocenters. The summed E-state index contributed by atoms with van der Waals surface area (Å²) < 4.78 is 260. The Bertz CT molecular complexity index is 2290. The first-order valence-electron chi connectivity index (χ1n) is 12.7. The number of benzene rings is 5. The van der Waals surface area contributed by atoms with E-state index in [0.29, 0.717) is 0 Å². The van der Waals surface area contributed by atoms with Crippen LogP contribution in [0.4, 0.5) is 74.6 Å². The molecule has 1 aliphatic rings. The van der Waals surface area contributed by atoms with E-state index in [9.17, 15) is 48.3 Å². The molecule has 0 radical (unpaired) electrons. The first-order valence-corrected chi connectivity index (χ1v) is 12.7. The van der Waals surface area contributed by atoms with Crippen LogP contribution in [0.15, 0.2) is 24.3 Å². The number of halogens is 17. The van der Waals surface area contributed by atoms with Crippen molar-refractivity contribution in [1.82, 2.24) is 0 Å². The van der Waals surface area contributed by atoms with Crippen molar-refractivity contribution in [3.8, 4) is 22.6 Å². The fraction of sp³-hybridized carbons (Fsp3) is 0.0345. The predicted molar refractivity (Wildman–Crippen MR) is 131 cm³/mol. The van der Waals surface area contributed by atoms with Crippen LogP contribution in [0, 0.1) is 87.3 Å². The van der Waals surface area contributed by atoms with Gasteiger partial charge in [0.25, 0.3) is 0 Å². The summed E-state index contributed by atoms with van der Waals surface area (Å²) in [5.41, 5.74) is -12.0. The Kier molecular flexibility index (Phi) is 7.70. The second-order valence-electron chi connectivity index (χ2n) is 9.98. The van der Waals surface area contributed by atoms with Gasteiger partial charge in [-0.05, 0) is 24.3 Å². The molecule has 0 saturated carbocycles. The van der Waals surface area contributed by atoms with E-state index in [4.69, 9.17) is 9.31 Å². The zero-order valence-electron chi connectivity index (χ0n) is 22.6. The first-order chi connectivity index (χ1) is 22.8. The van der Waals surface area contributed by atoms with Gasteiger partial charge in [-0.3, -0.25) is 0 Å². The molecular weight excluding hydrogens is 714 g/mol. The SMILES string of the molecule is Fc1ccc(OB(Oc2c(F)c(F)c(F)c3c(F)c(F)ccc23)c2c(F)c(F)c(F)c3c2C(F)(F)c2c(F)c(F)c(F)c(F)c2-3)c(F)c1F. The van der Waals surface area contributed by atoms with E-state index >= 15 is 26.3 Å². The molecular formula is C29H4BF17O2. The standard InChI is InChI=1S/C29H4BF17O2/c31-6-2-1-5-9(15(6)33)18(36)25(43)27(45)28(5)49-30(48-8-4-3-7(32)16(34)17(8)35)14-12-10(19(37)23(41)22(14)40)11-13(29(12,46)47)21(39)26(44)24(42)20(11)38/h1-4H. The lowest BCUT2D eigenvalue weighted by Crippen LogP contribution is -2.49. The lowest BCUT2D eigenvalue weighted by molar-refractivity contribution is 0.0433. The second-order valence-corrected chi connectivity index (χ2v) is 9.98. The summed E-state index contributed by atoms with van der Waals surface area (Å²) >= 11 is 0. The fourth-order valence-corrected chi connectivity index (χ4v) is 5.20. The Morgan fingerprint density at radius 3 is 1.57 bits per heavy atom. The molecule has 0 amide bonds. The van der Waals surface area contributed by atoms with Gasteiger partial charge in [-0.2, -0.15) is 17.6 Å². The largest absolute Gasteiger partial charge is 0.636 e. The highest BCUT2D eigenvalue weighted by Crippen LogP contribution is 2.55. The molecule has 2 nitrogen and oxygen atoms in total. The van der Waals surface area contributed by atoms with Gasteiger partial charge in [0, 0.05) is 22.1 Å². The number of rotatable bonds is 5. The minimum Gasteiger partial charge on any atom is -0.520 e. The molecule has 20 heteroatoms. The minimum atomic E-state index is -5.49. The second kappa shape index (κ2) is 11.2. The third kappa shape index (κ3) is 4.58. The average Bonchev–Trinajstić information content (AvgIpc) is 3.30. The average molecular weight is 718 g/mol. The zero-order valence-corrected chi connectivity index (χ0v) is 22.6. The zero-order chi connectivity index (χ0) is 36.2. The van der Waals surface area contributed by atoms with Gasteiger partial charge in [-0.25, -0.2) is 57.1 Å². The Hall–Kier alpha value is -5.17. The van der Waals surface area contributed by atoms with Crippen molar-refractivity contribution in [3.63, 3.8) is 0 Å². The van der Waals surface area contributed by atoms with E-state index in [1.807, 2.05) is 0 Å². The summed E-state index contributed by atoms with van der Waals surface area (Å²) in [5.74, 6) is -48.1. The van der Waals surface area contributed by atoms with E-state index < -0.39 is 150 Å². The maximum atomic E-state index is 15.9. The molecule has 6 rings (SSSR count). The Balaban J connectivity index is 1.73. The molecule has 49 heavy (non-hydrogen) atoms. The van der Waals surface area contributed by atoms with Crippen molar-refractivity contribution < 1.29 is 83.9 Å². The first kappa shape index (κ1) is 33.7. The van der Waals surface area contributed by atoms with Crippen molar-refractivity contribution >= 4 is 23.4 Å². The Morgan fingerprint density at radius 1 is 0.429 bits per heavy atom. The molecule has 5 aromatic rings. The molecule has 5 aromatic carbocycles. The van der Waals surface area contributed by atoms with E-state index in [1.54, 1.807) is 0 Å². The Labute approximate surface area is 259 Å². The smallest absolute Gasteiger partial charge is 0.520 e. The predicted octanol–water partition coefficient (Wildman–Crippen LogP) is 8.90. The van der Waals surface area contributed by atoms with Crippen molar-refractivity contribution in [2.24, 2.45) is 0 Å². The molecule has 0 bridgehead atoms. The highest BCUT2D eigenvalue weighted by molar-refractivity contribution is 6.64. The lowest BCUT2D eigenvalue weighted by atomic mass is 9.72. The van der Waals surface area contributed by atoms with Gasteiger partial charge in [0.05, 0.1) is 16.4 Å². The van der Waals surface area contributed by atoms with Crippen LogP contribution in [0.25, 0.3) is 21.9 Å². The van der Waals surface area contributed by atoms with Gasteiger partial charge in [0.1, 0.15) is 11.5 Å². The van der Waals surface area contributed by atoms with Crippen molar-refractivity contribution in [2.45, 2.75) is 5.92 Å². The monoisotopic (exact) mass is 718 g/mol. The van der Waals surface area contributed by atoms with Crippen molar-refractivity contribution in [3.05, 3.63) is 123 Å². The van der Waals surface area contributed by atoms with Crippen LogP contribution in [-0.4, -0.2) is 7.12 Å². The third-order valence-corrected chi connectivity index (χ3v) is 7.34. The molecule has 0 N–H and O–H groups in total. The van der Waals surface area contributed by atoms with Gasteiger partial charge in [0.2, 0.25) is 11.6 Å². The van der Waals surface area contributed by atoms with Gasteiger partial charge in [0.15, 0.2) is 75.6 Å². The summed E-state index contributed by atoms with van der Waals surface area (Å²) in [6.07, 6.45) is 0. The summed E-state index contributed by atoms with van der Waals surface area (Å²) in [6, 6.07) is 0.537. The van der Waals surface area contributed by atoms with E-state index in [2.05, 4.69) is 0 Å². The number of alkyl halides is 2. The highest BCUT2D eigenvalue weighted by atomic mass is 19.3. The molecule has 0 unspecified atom stereocenters. The van der Waals surface area contributed by atoms with Crippen LogP contribution in [-0.2, 0) is 5.92 Å².